The van der Waals surface area contributed by atoms with Crippen molar-refractivity contribution in [3.8, 4) is 0 Å². The Morgan fingerprint density at radius 3 is 2.35 bits per heavy atom. The molecule has 0 spiro atoms. The minimum absolute atomic E-state index is 0.0100. The van der Waals surface area contributed by atoms with Crippen LogP contribution in [0.25, 0.3) is 0 Å². The molecule has 1 fully saturated rings. The van der Waals surface area contributed by atoms with Crippen LogP contribution in [0.5, 0.6) is 0 Å². The number of carbonyl (C=O) groups excluding carboxylic acids is 1. The number of aliphatic carboxylic acids is 1. The number of nitrogens with zero attached hydrogens (tertiary/aromatic N) is 1. The van der Waals surface area contributed by atoms with Crippen molar-refractivity contribution in [3.05, 3.63) is 0 Å². The van der Waals surface area contributed by atoms with Gasteiger partial charge in [0.15, 0.2) is 0 Å². The lowest BCUT2D eigenvalue weighted by molar-refractivity contribution is -0.160. The highest BCUT2D eigenvalue weighted by molar-refractivity contribution is 5.87. The minimum atomic E-state index is -0.992. The van der Waals surface area contributed by atoms with E-state index in [0.29, 0.717) is 25.8 Å². The van der Waals surface area contributed by atoms with Crippen LogP contribution in [0.4, 0.5) is 0 Å². The van der Waals surface area contributed by atoms with Gasteiger partial charge in [-0.25, -0.2) is 4.79 Å². The molecule has 1 N–H and O–H groups in total. The molecule has 0 atom stereocenters. The maximum absolute atomic E-state index is 12.1. The van der Waals surface area contributed by atoms with Crippen LogP contribution in [0, 0.1) is 0 Å². The minimum Gasteiger partial charge on any atom is -0.479 e. The van der Waals surface area contributed by atoms with Crippen LogP contribution in [0.3, 0.4) is 0 Å². The molecule has 4 heteroatoms. The number of carboxylic acid groups (broad SMARTS) is 1. The van der Waals surface area contributed by atoms with E-state index in [1.807, 2.05) is 13.8 Å². The fourth-order valence-corrected chi connectivity index (χ4v) is 2.66. The normalized spacial score (nSPS) is 18.7. The van der Waals surface area contributed by atoms with Crippen LogP contribution < -0.4 is 0 Å². The van der Waals surface area contributed by atoms with Crippen LogP contribution in [-0.2, 0) is 9.59 Å². The van der Waals surface area contributed by atoms with Crippen molar-refractivity contribution in [1.29, 1.82) is 0 Å². The number of hydrogen-bond donors (Lipinski definition) is 1. The molecule has 1 aliphatic rings. The first-order valence-electron chi connectivity index (χ1n) is 6.62. The number of likely N-dealkylation sites (tertiary alicyclic amines) is 1. The highest BCUT2D eigenvalue weighted by Gasteiger charge is 2.43. The van der Waals surface area contributed by atoms with Gasteiger partial charge in [-0.3, -0.25) is 4.79 Å². The molecule has 1 saturated heterocycles. The number of carbonyl (C=O) groups is 2. The Morgan fingerprint density at radius 1 is 1.24 bits per heavy atom. The molecule has 1 amide bonds. The molecule has 0 aromatic carbocycles. The van der Waals surface area contributed by atoms with Crippen molar-refractivity contribution in [3.63, 3.8) is 0 Å². The maximum Gasteiger partial charge on any atom is 0.329 e. The molecule has 1 rings (SSSR count). The first-order valence-corrected chi connectivity index (χ1v) is 6.62. The van der Waals surface area contributed by atoms with Gasteiger partial charge in [0.2, 0.25) is 5.91 Å². The molecule has 1 heterocycles. The molecule has 98 valence electrons. The molecule has 0 bridgehead atoms. The summed E-state index contributed by atoms with van der Waals surface area (Å²) in [6, 6.07) is 0. The summed E-state index contributed by atoms with van der Waals surface area (Å²) in [6.07, 6.45) is 5.42. The van der Waals surface area contributed by atoms with Gasteiger partial charge in [0, 0.05) is 13.0 Å². The van der Waals surface area contributed by atoms with E-state index in [2.05, 4.69) is 0 Å². The zero-order valence-corrected chi connectivity index (χ0v) is 10.9. The fourth-order valence-electron chi connectivity index (χ4n) is 2.66. The van der Waals surface area contributed by atoms with Crippen molar-refractivity contribution in [1.82, 2.24) is 4.90 Å². The maximum atomic E-state index is 12.1. The van der Waals surface area contributed by atoms with Gasteiger partial charge >= 0.3 is 5.97 Å². The molecule has 1 aliphatic heterocycles. The summed E-state index contributed by atoms with van der Waals surface area (Å²) in [5.41, 5.74) is -0.992. The molecule has 0 aromatic rings. The van der Waals surface area contributed by atoms with E-state index in [0.717, 1.165) is 25.7 Å². The Balaban J connectivity index is 2.96. The second-order valence-electron chi connectivity index (χ2n) is 4.75. The van der Waals surface area contributed by atoms with Gasteiger partial charge in [0.05, 0.1) is 0 Å². The average molecular weight is 241 g/mol. The monoisotopic (exact) mass is 241 g/mol. The third kappa shape index (κ3) is 2.79. The van der Waals surface area contributed by atoms with E-state index in [4.69, 9.17) is 0 Å². The van der Waals surface area contributed by atoms with E-state index in [1.54, 1.807) is 4.90 Å². The quantitative estimate of drug-likeness (QED) is 0.822. The Bertz CT molecular complexity index is 284. The van der Waals surface area contributed by atoms with Gasteiger partial charge in [0.1, 0.15) is 5.54 Å². The summed E-state index contributed by atoms with van der Waals surface area (Å²) in [7, 11) is 0. The number of hydrogen-bond acceptors (Lipinski definition) is 2. The number of amides is 1. The van der Waals surface area contributed by atoms with Gasteiger partial charge in [-0.2, -0.15) is 0 Å². The molecule has 0 unspecified atom stereocenters. The van der Waals surface area contributed by atoms with Crippen LogP contribution >= 0.6 is 0 Å². The van der Waals surface area contributed by atoms with E-state index >= 15 is 0 Å². The highest BCUT2D eigenvalue weighted by atomic mass is 16.4. The highest BCUT2D eigenvalue weighted by Crippen LogP contribution is 2.28. The largest absolute Gasteiger partial charge is 0.479 e. The summed E-state index contributed by atoms with van der Waals surface area (Å²) >= 11 is 0. The molecular formula is C13H23NO3. The van der Waals surface area contributed by atoms with Crippen LogP contribution in [0.15, 0.2) is 0 Å². The van der Waals surface area contributed by atoms with Crippen LogP contribution in [-0.4, -0.2) is 34.0 Å². The predicted molar refractivity (Wildman–Crippen MR) is 65.7 cm³/mol. The Hall–Kier alpha value is -1.06. The van der Waals surface area contributed by atoms with E-state index in [1.165, 1.54) is 0 Å². The van der Waals surface area contributed by atoms with Crippen LogP contribution in [0.2, 0.25) is 0 Å². The molecule has 0 radical (unpaired) electrons. The fraction of sp³-hybridized carbons (Fsp3) is 0.846. The predicted octanol–water partition coefficient (Wildman–Crippen LogP) is 2.42. The smallest absolute Gasteiger partial charge is 0.329 e. The number of carboxylic acids is 1. The zero-order chi connectivity index (χ0) is 12.9. The topological polar surface area (TPSA) is 57.6 Å². The van der Waals surface area contributed by atoms with Crippen molar-refractivity contribution >= 4 is 11.9 Å². The van der Waals surface area contributed by atoms with Gasteiger partial charge in [-0.15, -0.1) is 0 Å². The zero-order valence-electron chi connectivity index (χ0n) is 10.9. The number of rotatable bonds is 4. The second kappa shape index (κ2) is 6.03. The van der Waals surface area contributed by atoms with Gasteiger partial charge in [-0.1, -0.05) is 26.7 Å². The average Bonchev–Trinajstić information content (AvgIpc) is 2.29. The summed E-state index contributed by atoms with van der Waals surface area (Å²) < 4.78 is 0. The first kappa shape index (κ1) is 14.0. The first-order chi connectivity index (χ1) is 8.08. The van der Waals surface area contributed by atoms with E-state index < -0.39 is 11.5 Å². The lowest BCUT2D eigenvalue weighted by Crippen LogP contribution is -2.57. The molecule has 0 aromatic heterocycles. The Labute approximate surface area is 103 Å². The third-order valence-corrected chi connectivity index (χ3v) is 3.91. The molecular weight excluding hydrogens is 218 g/mol. The molecule has 0 saturated carbocycles. The van der Waals surface area contributed by atoms with Crippen molar-refractivity contribution in [2.45, 2.75) is 64.3 Å². The molecule has 17 heavy (non-hydrogen) atoms. The third-order valence-electron chi connectivity index (χ3n) is 3.91. The SMILES string of the molecule is CCC(CC)(C(=O)O)N1CCCCCCC1=O. The van der Waals surface area contributed by atoms with E-state index in [-0.39, 0.29) is 5.91 Å². The van der Waals surface area contributed by atoms with Crippen LogP contribution in [0.1, 0.15) is 58.8 Å². The van der Waals surface area contributed by atoms with Gasteiger partial charge < -0.3 is 10.0 Å². The van der Waals surface area contributed by atoms with Crippen molar-refractivity contribution in [2.24, 2.45) is 0 Å². The van der Waals surface area contributed by atoms with Crippen molar-refractivity contribution in [2.75, 3.05) is 6.54 Å². The second-order valence-corrected chi connectivity index (χ2v) is 4.75. The summed E-state index contributed by atoms with van der Waals surface area (Å²) in [5.74, 6) is -0.854. The molecule has 4 nitrogen and oxygen atoms in total. The summed E-state index contributed by atoms with van der Waals surface area (Å²) in [5, 5.41) is 9.46. The Kier molecular flexibility index (Phi) is 4.97. The molecule has 0 aliphatic carbocycles. The summed E-state index contributed by atoms with van der Waals surface area (Å²) in [6.45, 7) is 4.29. The lowest BCUT2D eigenvalue weighted by Gasteiger charge is -2.40. The van der Waals surface area contributed by atoms with Gasteiger partial charge in [-0.05, 0) is 25.7 Å². The standard InChI is InChI=1S/C13H23NO3/c1-3-13(4-2,12(16)17)14-10-8-6-5-7-9-11(14)15/h3-10H2,1-2H3,(H,16,17). The Morgan fingerprint density at radius 2 is 1.82 bits per heavy atom. The van der Waals surface area contributed by atoms with Crippen molar-refractivity contribution < 1.29 is 14.7 Å². The van der Waals surface area contributed by atoms with Gasteiger partial charge in [0.25, 0.3) is 0 Å². The summed E-state index contributed by atoms with van der Waals surface area (Å²) in [4.78, 5) is 25.3. The van der Waals surface area contributed by atoms with E-state index in [9.17, 15) is 14.7 Å². The lowest BCUT2D eigenvalue weighted by atomic mass is 9.89.